The molecule has 7 aliphatic rings. The van der Waals surface area contributed by atoms with Gasteiger partial charge >= 0.3 is 5.97 Å². The van der Waals surface area contributed by atoms with Crippen molar-refractivity contribution in [3.05, 3.63) is 16.5 Å². The maximum absolute atomic E-state index is 13.2. The number of esters is 1. The molecule has 4 bridgehead atoms. The maximum atomic E-state index is 13.2. The van der Waals surface area contributed by atoms with Gasteiger partial charge in [-0.15, -0.1) is 0 Å². The molecule has 3 aliphatic heterocycles. The van der Waals surface area contributed by atoms with E-state index in [1.54, 1.807) is 0 Å². The van der Waals surface area contributed by atoms with E-state index in [-0.39, 0.29) is 39.9 Å². The molecule has 11 nitrogen and oxygen atoms in total. The van der Waals surface area contributed by atoms with Crippen LogP contribution in [0.4, 0.5) is 5.82 Å². The number of nitrogen functional groups attached to an aromatic ring is 1. The van der Waals surface area contributed by atoms with E-state index in [4.69, 9.17) is 20.9 Å². The first-order chi connectivity index (χ1) is 16.7. The number of aromatic nitrogens is 3. The number of primary amides is 1. The number of ether oxygens (including phenoxy) is 2. The Balaban J connectivity index is 1.19. The first kappa shape index (κ1) is 23.1. The largest absolute Gasteiger partial charge is 0.462 e. The summed E-state index contributed by atoms with van der Waals surface area (Å²) in [5, 5.41) is 21.4. The zero-order chi connectivity index (χ0) is 24.6. The van der Waals surface area contributed by atoms with Gasteiger partial charge in [-0.25, -0.2) is 9.97 Å². The molecule has 0 aromatic heterocycles. The van der Waals surface area contributed by atoms with Gasteiger partial charge < -0.3 is 31.2 Å². The third kappa shape index (κ3) is 3.56. The second-order valence-corrected chi connectivity index (χ2v) is 11.5. The number of aliphatic hydroxyl groups excluding tert-OH is 2. The van der Waals surface area contributed by atoms with Gasteiger partial charge in [0.1, 0.15) is 47.5 Å². The van der Waals surface area contributed by atoms with E-state index < -0.39 is 35.9 Å². The van der Waals surface area contributed by atoms with Gasteiger partial charge in [0.05, 0.1) is 16.5 Å². The number of rotatable bonds is 5. The van der Waals surface area contributed by atoms with Crippen molar-refractivity contribution in [2.24, 2.45) is 28.9 Å². The molecule has 0 aromatic carbocycles. The number of carbonyl (C=O) groups is 2. The van der Waals surface area contributed by atoms with Crippen LogP contribution in [0.5, 0.6) is 0 Å². The molecule has 0 aromatic rings. The second-order valence-electron chi connectivity index (χ2n) is 10.7. The molecular formula is C23H28BrN5O6. The number of aliphatic hydroxyl groups is 2. The van der Waals surface area contributed by atoms with Crippen molar-refractivity contribution < 1.29 is 29.3 Å². The molecule has 4 atom stereocenters. The normalized spacial score (nSPS) is 37.7. The number of hydrogen-bond acceptors (Lipinski definition) is 9. The summed E-state index contributed by atoms with van der Waals surface area (Å²) in [6, 6.07) is 0. The predicted octanol–water partition coefficient (Wildman–Crippen LogP) is 1.21. The summed E-state index contributed by atoms with van der Waals surface area (Å²) in [6.45, 7) is -0.175. The molecule has 188 valence electrons. The number of anilines is 1. The van der Waals surface area contributed by atoms with Gasteiger partial charge in [-0.05, 0) is 72.2 Å². The Hall–Kier alpha value is -2.28. The van der Waals surface area contributed by atoms with Gasteiger partial charge in [0, 0.05) is 0 Å². The Morgan fingerprint density at radius 3 is 2.40 bits per heavy atom. The van der Waals surface area contributed by atoms with Crippen LogP contribution in [0.25, 0.3) is 11.4 Å². The van der Waals surface area contributed by atoms with E-state index in [9.17, 15) is 19.8 Å². The van der Waals surface area contributed by atoms with Crippen LogP contribution in [0, 0.1) is 23.2 Å². The molecule has 1 amide bonds. The van der Waals surface area contributed by atoms with E-state index in [0.29, 0.717) is 17.8 Å². The van der Waals surface area contributed by atoms with Crippen LogP contribution in [-0.4, -0.2) is 61.5 Å². The van der Waals surface area contributed by atoms with Crippen molar-refractivity contribution >= 4 is 33.6 Å². The van der Waals surface area contributed by atoms with Crippen molar-refractivity contribution in [1.82, 2.24) is 14.5 Å². The van der Waals surface area contributed by atoms with Crippen molar-refractivity contribution in [2.75, 3.05) is 12.3 Å². The van der Waals surface area contributed by atoms with Gasteiger partial charge in [0.2, 0.25) is 0 Å². The molecule has 1 saturated heterocycles. The minimum atomic E-state index is -1.36. The average molecular weight is 550 g/mol. The van der Waals surface area contributed by atoms with Gasteiger partial charge in [-0.2, -0.15) is 0 Å². The Morgan fingerprint density at radius 2 is 1.80 bits per heavy atom. The van der Waals surface area contributed by atoms with Crippen LogP contribution in [0.15, 0.2) is 10.9 Å². The number of amides is 1. The summed E-state index contributed by atoms with van der Waals surface area (Å²) >= 11 is 3.21. The summed E-state index contributed by atoms with van der Waals surface area (Å²) in [6.07, 6.45) is 2.90. The topological polar surface area (TPSA) is 176 Å². The molecule has 3 heterocycles. The Kier molecular flexibility index (Phi) is 5.37. The lowest BCUT2D eigenvalue weighted by atomic mass is 9.49. The van der Waals surface area contributed by atoms with Crippen molar-refractivity contribution in [3.8, 4) is 11.4 Å². The summed E-state index contributed by atoms with van der Waals surface area (Å²) in [4.78, 5) is 33.5. The fourth-order valence-electron chi connectivity index (χ4n) is 7.27. The Labute approximate surface area is 209 Å². The number of halogens is 1. The fraction of sp³-hybridized carbons (Fsp3) is 0.652. The van der Waals surface area contributed by atoms with Crippen LogP contribution >= 0.6 is 15.9 Å². The number of nitrogens with zero attached hydrogens (tertiary/aromatic N) is 3. The van der Waals surface area contributed by atoms with E-state index in [1.807, 2.05) is 0 Å². The van der Waals surface area contributed by atoms with E-state index in [0.717, 1.165) is 19.3 Å². The molecule has 35 heavy (non-hydrogen) atoms. The number of hydrogen-bond donors (Lipinski definition) is 4. The van der Waals surface area contributed by atoms with E-state index >= 15 is 0 Å². The van der Waals surface area contributed by atoms with Crippen LogP contribution < -0.4 is 11.5 Å². The van der Waals surface area contributed by atoms with Crippen molar-refractivity contribution in [2.45, 2.75) is 63.1 Å². The van der Waals surface area contributed by atoms with E-state index in [1.165, 1.54) is 30.2 Å². The minimum absolute atomic E-state index is 0.0392. The van der Waals surface area contributed by atoms with Gasteiger partial charge in [-0.3, -0.25) is 14.2 Å². The van der Waals surface area contributed by atoms with Crippen LogP contribution in [0.2, 0.25) is 0 Å². The van der Waals surface area contributed by atoms with E-state index in [2.05, 4.69) is 25.9 Å². The standard InChI is InChI=1S/C23H28BrN5O6/c24-17-13(19(26)32)14-18(25)27-8-29(20(14)28-17)21-16(31)15(30)12(35-21)7-34-22(33)23-4-9-1-10(5-23)3-11(2-9)6-23/h8-12,15-16,21,30-31H,1-7,25H2,(H2,26,32)/t9?,10?,11?,12-,15+,16-,21-,23?/m0/s1. The molecule has 0 unspecified atom stereocenters. The zero-order valence-electron chi connectivity index (χ0n) is 19.0. The highest BCUT2D eigenvalue weighted by atomic mass is 79.9. The van der Waals surface area contributed by atoms with Crippen LogP contribution in [0.1, 0.15) is 55.1 Å². The quantitative estimate of drug-likeness (QED) is 0.399. The summed E-state index contributed by atoms with van der Waals surface area (Å²) < 4.78 is 13.2. The minimum Gasteiger partial charge on any atom is -0.462 e. The molecule has 12 heteroatoms. The van der Waals surface area contributed by atoms with Gasteiger partial charge in [0.25, 0.3) is 5.91 Å². The number of carbonyl (C=O) groups excluding carboxylic acids is 2. The molecule has 4 saturated carbocycles. The highest BCUT2D eigenvalue weighted by molar-refractivity contribution is 9.10. The monoisotopic (exact) mass is 549 g/mol. The predicted molar refractivity (Wildman–Crippen MR) is 125 cm³/mol. The molecule has 6 N–H and O–H groups in total. The van der Waals surface area contributed by atoms with Crippen LogP contribution in [0.3, 0.4) is 0 Å². The second kappa shape index (κ2) is 8.12. The summed E-state index contributed by atoms with van der Waals surface area (Å²) in [7, 11) is 0. The fourth-order valence-corrected chi connectivity index (χ4v) is 7.83. The van der Waals surface area contributed by atoms with Gasteiger partial charge in [-0.1, -0.05) is 0 Å². The molecule has 5 fully saturated rings. The Morgan fingerprint density at radius 1 is 1.17 bits per heavy atom. The molecule has 4 aliphatic carbocycles. The third-order valence-electron chi connectivity index (χ3n) is 8.41. The van der Waals surface area contributed by atoms with Crippen molar-refractivity contribution in [3.63, 3.8) is 0 Å². The van der Waals surface area contributed by atoms with Gasteiger partial charge in [0.15, 0.2) is 6.23 Å². The molecule has 0 spiro atoms. The Bertz CT molecular complexity index is 1130. The number of fused-ring (bicyclic) bond motifs is 1. The highest BCUT2D eigenvalue weighted by Gasteiger charge is 2.56. The maximum Gasteiger partial charge on any atom is 0.312 e. The number of nitrogens with two attached hydrogens (primary N) is 2. The molecule has 0 radical (unpaired) electrons. The third-order valence-corrected chi connectivity index (χ3v) is 8.99. The average Bonchev–Trinajstić information content (AvgIpc) is 3.29. The highest BCUT2D eigenvalue weighted by Crippen LogP contribution is 2.60. The summed E-state index contributed by atoms with van der Waals surface area (Å²) in [5.41, 5.74) is 11.3. The first-order valence-corrected chi connectivity index (χ1v) is 12.8. The first-order valence-electron chi connectivity index (χ1n) is 12.0. The lowest BCUT2D eigenvalue weighted by Crippen LogP contribution is -2.51. The lowest BCUT2D eigenvalue weighted by Gasteiger charge is -2.55. The van der Waals surface area contributed by atoms with Crippen molar-refractivity contribution in [1.29, 1.82) is 0 Å². The SMILES string of the molecule is NC(=O)c1c(Br)nc2n([C@H]3O[C@@H](COC(=O)C45CC6CC(CC(C6)C4)C5)[C@@H](O)[C@@H]3O)cnc(N)c1-2. The molecular weight excluding hydrogens is 522 g/mol. The lowest BCUT2D eigenvalue weighted by molar-refractivity contribution is -0.176. The smallest absolute Gasteiger partial charge is 0.312 e. The molecule has 7 rings (SSSR count). The zero-order valence-corrected chi connectivity index (χ0v) is 20.6. The van der Waals surface area contributed by atoms with Crippen LogP contribution in [-0.2, 0) is 14.3 Å². The summed E-state index contributed by atoms with van der Waals surface area (Å²) in [5.74, 6) is 1.10.